The Hall–Kier alpha value is -1.53. The molecule has 1 aromatic heterocycles. The molecule has 1 unspecified atom stereocenters. The topological polar surface area (TPSA) is 28.2 Å². The summed E-state index contributed by atoms with van der Waals surface area (Å²) < 4.78 is 0. The molecular weight excluding hydrogens is 234 g/mol. The highest BCUT2D eigenvalue weighted by atomic mass is 15.1. The molecule has 0 fully saturated rings. The van der Waals surface area contributed by atoms with Crippen molar-refractivity contribution in [1.82, 2.24) is 10.3 Å². The fraction of sp³-hybridized carbons (Fsp3) is 0.562. The zero-order valence-corrected chi connectivity index (χ0v) is 12.3. The standard InChI is InChI=1S/C16H25N3/c1-5-11-17-15(7-3)16-10-9-14(13-18-16)19(8-4)12-6-2/h2,9-10,13,15,17H,5,7-8,11-12H2,1,3-4H3. The Kier molecular flexibility index (Phi) is 6.99. The Morgan fingerprint density at radius 2 is 2.16 bits per heavy atom. The molecule has 0 aromatic carbocycles. The molecule has 0 radical (unpaired) electrons. The predicted molar refractivity (Wildman–Crippen MR) is 82.3 cm³/mol. The molecule has 3 heteroatoms. The van der Waals surface area contributed by atoms with Gasteiger partial charge in [0, 0.05) is 12.6 Å². The molecule has 1 heterocycles. The van der Waals surface area contributed by atoms with E-state index in [1.807, 2.05) is 6.20 Å². The Balaban J connectivity index is 2.76. The van der Waals surface area contributed by atoms with E-state index < -0.39 is 0 Å². The minimum atomic E-state index is 0.344. The van der Waals surface area contributed by atoms with Gasteiger partial charge in [-0.05, 0) is 38.4 Å². The molecule has 1 atom stereocenters. The first-order valence-corrected chi connectivity index (χ1v) is 7.14. The molecule has 0 saturated heterocycles. The van der Waals surface area contributed by atoms with Gasteiger partial charge in [-0.1, -0.05) is 19.8 Å². The van der Waals surface area contributed by atoms with Gasteiger partial charge in [0.25, 0.3) is 0 Å². The average molecular weight is 259 g/mol. The smallest absolute Gasteiger partial charge is 0.0792 e. The summed E-state index contributed by atoms with van der Waals surface area (Å²) in [6, 6.07) is 4.56. The van der Waals surface area contributed by atoms with Crippen molar-refractivity contribution in [1.29, 1.82) is 0 Å². The summed E-state index contributed by atoms with van der Waals surface area (Å²) in [7, 11) is 0. The van der Waals surface area contributed by atoms with Gasteiger partial charge in [-0.3, -0.25) is 4.98 Å². The molecule has 1 N–H and O–H groups in total. The van der Waals surface area contributed by atoms with Crippen LogP contribution in [0.15, 0.2) is 18.3 Å². The van der Waals surface area contributed by atoms with Gasteiger partial charge in [0.05, 0.1) is 24.1 Å². The molecule has 0 bridgehead atoms. The van der Waals surface area contributed by atoms with Crippen LogP contribution in [-0.4, -0.2) is 24.6 Å². The van der Waals surface area contributed by atoms with Crippen molar-refractivity contribution in [3.63, 3.8) is 0 Å². The van der Waals surface area contributed by atoms with E-state index in [9.17, 15) is 0 Å². The van der Waals surface area contributed by atoms with Crippen molar-refractivity contribution in [2.24, 2.45) is 0 Å². The zero-order valence-electron chi connectivity index (χ0n) is 12.3. The summed E-state index contributed by atoms with van der Waals surface area (Å²) in [6.07, 6.45) is 9.49. The maximum atomic E-state index is 5.37. The van der Waals surface area contributed by atoms with Crippen LogP contribution in [0.4, 0.5) is 5.69 Å². The summed E-state index contributed by atoms with van der Waals surface area (Å²) in [4.78, 5) is 6.72. The van der Waals surface area contributed by atoms with Crippen LogP contribution in [-0.2, 0) is 0 Å². The van der Waals surface area contributed by atoms with E-state index in [1.165, 1.54) is 0 Å². The number of hydrogen-bond acceptors (Lipinski definition) is 3. The molecule has 0 amide bonds. The number of rotatable bonds is 8. The third kappa shape index (κ3) is 4.57. The van der Waals surface area contributed by atoms with Crippen LogP contribution in [0.5, 0.6) is 0 Å². The van der Waals surface area contributed by atoms with Gasteiger partial charge in [0.1, 0.15) is 0 Å². The van der Waals surface area contributed by atoms with Crippen LogP contribution in [0.25, 0.3) is 0 Å². The van der Waals surface area contributed by atoms with Gasteiger partial charge in [0.15, 0.2) is 0 Å². The van der Waals surface area contributed by atoms with Crippen LogP contribution < -0.4 is 10.2 Å². The van der Waals surface area contributed by atoms with E-state index in [4.69, 9.17) is 6.42 Å². The van der Waals surface area contributed by atoms with E-state index in [2.05, 4.69) is 54.0 Å². The fourth-order valence-corrected chi connectivity index (χ4v) is 2.06. The van der Waals surface area contributed by atoms with Crippen molar-refractivity contribution in [3.05, 3.63) is 24.0 Å². The third-order valence-electron chi connectivity index (χ3n) is 3.21. The lowest BCUT2D eigenvalue weighted by molar-refractivity contribution is 0.507. The number of pyridine rings is 1. The maximum Gasteiger partial charge on any atom is 0.0792 e. The molecule has 0 aliphatic carbocycles. The van der Waals surface area contributed by atoms with Gasteiger partial charge in [-0.2, -0.15) is 0 Å². The number of nitrogens with zero attached hydrogens (tertiary/aromatic N) is 2. The first-order valence-electron chi connectivity index (χ1n) is 7.14. The number of aromatic nitrogens is 1. The largest absolute Gasteiger partial charge is 0.359 e. The number of hydrogen-bond donors (Lipinski definition) is 1. The van der Waals surface area contributed by atoms with Crippen molar-refractivity contribution < 1.29 is 0 Å². The Bertz CT molecular complexity index is 391. The molecule has 19 heavy (non-hydrogen) atoms. The highest BCUT2D eigenvalue weighted by Crippen LogP contribution is 2.18. The molecular formula is C16H25N3. The molecule has 3 nitrogen and oxygen atoms in total. The number of nitrogens with one attached hydrogen (secondary N) is 1. The molecule has 0 saturated carbocycles. The first-order chi connectivity index (χ1) is 9.26. The van der Waals surface area contributed by atoms with Crippen molar-refractivity contribution >= 4 is 5.69 Å². The second kappa shape index (κ2) is 8.55. The summed E-state index contributed by atoms with van der Waals surface area (Å²) >= 11 is 0. The summed E-state index contributed by atoms with van der Waals surface area (Å²) in [5.74, 6) is 2.68. The Morgan fingerprint density at radius 1 is 1.37 bits per heavy atom. The van der Waals surface area contributed by atoms with Crippen molar-refractivity contribution in [3.8, 4) is 12.3 Å². The minimum absolute atomic E-state index is 0.344. The zero-order chi connectivity index (χ0) is 14.1. The highest BCUT2D eigenvalue weighted by molar-refractivity contribution is 5.45. The molecule has 1 aromatic rings. The average Bonchev–Trinajstić information content (AvgIpc) is 2.46. The van der Waals surface area contributed by atoms with Crippen LogP contribution >= 0.6 is 0 Å². The van der Waals surface area contributed by atoms with Gasteiger partial charge in [-0.15, -0.1) is 6.42 Å². The fourth-order valence-electron chi connectivity index (χ4n) is 2.06. The molecule has 0 aliphatic heterocycles. The van der Waals surface area contributed by atoms with Crippen molar-refractivity contribution in [2.45, 2.75) is 39.7 Å². The lowest BCUT2D eigenvalue weighted by atomic mass is 10.1. The van der Waals surface area contributed by atoms with Crippen LogP contribution in [0.2, 0.25) is 0 Å². The van der Waals surface area contributed by atoms with Crippen molar-refractivity contribution in [2.75, 3.05) is 24.5 Å². The van der Waals surface area contributed by atoms with E-state index in [-0.39, 0.29) is 0 Å². The number of terminal acetylenes is 1. The Labute approximate surface area is 117 Å². The highest BCUT2D eigenvalue weighted by Gasteiger charge is 2.10. The van der Waals surface area contributed by atoms with E-state index in [0.29, 0.717) is 12.6 Å². The summed E-state index contributed by atoms with van der Waals surface area (Å²) in [5.41, 5.74) is 2.20. The van der Waals surface area contributed by atoms with E-state index in [0.717, 1.165) is 37.3 Å². The summed E-state index contributed by atoms with van der Waals surface area (Å²) in [6.45, 7) is 9.01. The second-order valence-corrected chi connectivity index (χ2v) is 4.57. The number of anilines is 1. The van der Waals surface area contributed by atoms with Crippen LogP contribution in [0.1, 0.15) is 45.3 Å². The molecule has 0 aliphatic rings. The van der Waals surface area contributed by atoms with Crippen LogP contribution in [0.3, 0.4) is 0 Å². The van der Waals surface area contributed by atoms with Gasteiger partial charge < -0.3 is 10.2 Å². The third-order valence-corrected chi connectivity index (χ3v) is 3.21. The Morgan fingerprint density at radius 3 is 2.63 bits per heavy atom. The summed E-state index contributed by atoms with van der Waals surface area (Å²) in [5, 5.41) is 3.51. The normalized spacial score (nSPS) is 11.9. The second-order valence-electron chi connectivity index (χ2n) is 4.57. The maximum absolute atomic E-state index is 5.37. The van der Waals surface area contributed by atoms with Crippen LogP contribution in [0, 0.1) is 12.3 Å². The molecule has 1 rings (SSSR count). The van der Waals surface area contributed by atoms with Gasteiger partial charge >= 0.3 is 0 Å². The molecule has 104 valence electrons. The lowest BCUT2D eigenvalue weighted by Crippen LogP contribution is -2.24. The predicted octanol–water partition coefficient (Wildman–Crippen LogP) is 2.99. The SMILES string of the molecule is C#CCN(CC)c1ccc(C(CC)NCCC)nc1. The molecule has 0 spiro atoms. The van der Waals surface area contributed by atoms with E-state index >= 15 is 0 Å². The first kappa shape index (κ1) is 15.5. The lowest BCUT2D eigenvalue weighted by Gasteiger charge is -2.21. The quantitative estimate of drug-likeness (QED) is 0.727. The van der Waals surface area contributed by atoms with E-state index in [1.54, 1.807) is 0 Å². The monoisotopic (exact) mass is 259 g/mol. The van der Waals surface area contributed by atoms with Gasteiger partial charge in [-0.25, -0.2) is 0 Å². The minimum Gasteiger partial charge on any atom is -0.359 e. The van der Waals surface area contributed by atoms with Gasteiger partial charge in [0.2, 0.25) is 0 Å².